The molecule has 2 aromatic heterocycles. The van der Waals surface area contributed by atoms with E-state index in [1.165, 1.54) is 54.7 Å². The molecule has 4 nitrogen and oxygen atoms in total. The molecule has 0 fully saturated rings. The molecule has 0 N–H and O–H groups in total. The van der Waals surface area contributed by atoms with Gasteiger partial charge in [0.05, 0.1) is 28.4 Å². The van der Waals surface area contributed by atoms with Crippen LogP contribution in [-0.2, 0) is 0 Å². The van der Waals surface area contributed by atoms with Crippen LogP contribution >= 0.6 is 0 Å². The smallest absolute Gasteiger partial charge is 0.159 e. The van der Waals surface area contributed by atoms with E-state index in [1.54, 1.807) is 0 Å². The van der Waals surface area contributed by atoms with E-state index in [-0.39, 0.29) is 0 Å². The van der Waals surface area contributed by atoms with Crippen LogP contribution in [0, 0.1) is 0 Å². The minimum absolute atomic E-state index is 0.842. The van der Waals surface area contributed by atoms with Crippen molar-refractivity contribution in [2.45, 2.75) is 0 Å². The SMILES string of the molecule is c1cc(-c2ccccc2N(c2ccc(-c3ccc(-c4ccc(-c5cccc6c(-c7cccc(-c8ccccc8N(c8cccc9ccccc89)c8cccc9c8oc8ccccc89)c7)cccc56)cc4)cc3)cc2)c2cccc3c2oc2ccccc23)cc(-c2cccc3ccccc23)c1. The Morgan fingerprint density at radius 2 is 0.480 bits per heavy atom. The number of fused-ring (bicyclic) bond motifs is 9. The van der Waals surface area contributed by atoms with Crippen LogP contribution in [0.25, 0.3) is 154 Å². The molecule has 0 saturated heterocycles. The van der Waals surface area contributed by atoms with E-state index in [4.69, 9.17) is 8.83 Å². The Morgan fingerprint density at radius 3 is 1.03 bits per heavy atom. The van der Waals surface area contributed by atoms with Crippen molar-refractivity contribution >= 4 is 110 Å². The molecule has 4 heteroatoms. The van der Waals surface area contributed by atoms with Crippen LogP contribution in [-0.4, -0.2) is 0 Å². The minimum Gasteiger partial charge on any atom is -0.454 e. The van der Waals surface area contributed by atoms with E-state index < -0.39 is 0 Å². The van der Waals surface area contributed by atoms with Gasteiger partial charge in [0.1, 0.15) is 11.2 Å². The molecular formula is C96H62N2O2. The quantitative estimate of drug-likeness (QED) is 0.115. The van der Waals surface area contributed by atoms with E-state index in [0.29, 0.717) is 0 Å². The molecule has 468 valence electrons. The van der Waals surface area contributed by atoms with Gasteiger partial charge in [-0.05, 0) is 160 Å². The molecule has 19 rings (SSSR count). The van der Waals surface area contributed by atoms with Crippen LogP contribution in [0.2, 0.25) is 0 Å². The van der Waals surface area contributed by atoms with Crippen molar-refractivity contribution in [3.05, 3.63) is 376 Å². The van der Waals surface area contributed by atoms with E-state index in [2.05, 4.69) is 374 Å². The maximum Gasteiger partial charge on any atom is 0.159 e. The van der Waals surface area contributed by atoms with Gasteiger partial charge in [-0.1, -0.05) is 309 Å². The molecule has 0 aliphatic carbocycles. The number of anilines is 6. The third kappa shape index (κ3) is 10.1. The average molecular weight is 1280 g/mol. The van der Waals surface area contributed by atoms with E-state index >= 15 is 0 Å². The van der Waals surface area contributed by atoms with Crippen molar-refractivity contribution in [1.29, 1.82) is 0 Å². The van der Waals surface area contributed by atoms with Crippen molar-refractivity contribution < 1.29 is 8.83 Å². The number of hydrogen-bond acceptors (Lipinski definition) is 4. The van der Waals surface area contributed by atoms with Crippen LogP contribution in [0.3, 0.4) is 0 Å². The molecule has 2 heterocycles. The zero-order valence-corrected chi connectivity index (χ0v) is 54.5. The zero-order chi connectivity index (χ0) is 66.0. The van der Waals surface area contributed by atoms with Gasteiger partial charge in [0.15, 0.2) is 11.2 Å². The molecule has 0 bridgehead atoms. The van der Waals surface area contributed by atoms with E-state index in [1.807, 2.05) is 12.1 Å². The summed E-state index contributed by atoms with van der Waals surface area (Å²) in [6, 6.07) is 136. The Labute approximate surface area is 579 Å². The highest BCUT2D eigenvalue weighted by molar-refractivity contribution is 6.14. The Morgan fingerprint density at radius 1 is 0.170 bits per heavy atom. The highest BCUT2D eigenvalue weighted by Gasteiger charge is 2.26. The molecule has 19 aromatic rings. The van der Waals surface area contributed by atoms with Crippen molar-refractivity contribution in [3.8, 4) is 77.9 Å². The Bertz CT molecular complexity index is 6350. The summed E-state index contributed by atoms with van der Waals surface area (Å²) < 4.78 is 13.6. The number of nitrogens with zero attached hydrogens (tertiary/aromatic N) is 2. The van der Waals surface area contributed by atoms with Gasteiger partial charge in [0.2, 0.25) is 0 Å². The number of rotatable bonds is 13. The lowest BCUT2D eigenvalue weighted by atomic mass is 9.91. The van der Waals surface area contributed by atoms with E-state index in [9.17, 15) is 0 Å². The molecule has 0 saturated carbocycles. The highest BCUT2D eigenvalue weighted by Crippen LogP contribution is 2.50. The standard InChI is InChI=1S/C96H62N2O2/c1-3-29-75-67(21-1)23-15-35-77(75)70-25-13-27-72(61-70)80-31-5-9-42-88(80)97(91-45-19-40-86-84-33-7-11-47-93(84)99-95(86)91)74-59-57-66(58-60-74)64-51-49-63(50-52-64)65-53-55-69(56-54-65)76-36-17-39-83-78(37-18-38-82(76)83)71-26-14-28-73(62-71)81-32-6-10-43-89(81)98(90-44-16-24-68-22-2-4-30-79(68)90)92-46-20-41-87-85-34-8-12-48-94(85)100-96(87)92/h1-62H. The predicted octanol–water partition coefficient (Wildman–Crippen LogP) is 27.6. The normalized spacial score (nSPS) is 11.6. The van der Waals surface area contributed by atoms with Gasteiger partial charge in [-0.2, -0.15) is 0 Å². The summed E-state index contributed by atoms with van der Waals surface area (Å²) in [5.41, 5.74) is 25.7. The number of furan rings is 2. The summed E-state index contributed by atoms with van der Waals surface area (Å²) in [6.07, 6.45) is 0. The summed E-state index contributed by atoms with van der Waals surface area (Å²) in [7, 11) is 0. The molecule has 100 heavy (non-hydrogen) atoms. The van der Waals surface area contributed by atoms with Gasteiger partial charge in [0, 0.05) is 43.7 Å². The Hall–Kier alpha value is -13.3. The van der Waals surface area contributed by atoms with Crippen LogP contribution in [0.5, 0.6) is 0 Å². The third-order valence-corrected chi connectivity index (χ3v) is 20.1. The van der Waals surface area contributed by atoms with Gasteiger partial charge in [0.25, 0.3) is 0 Å². The first kappa shape index (κ1) is 58.1. The van der Waals surface area contributed by atoms with E-state index in [0.717, 1.165) is 133 Å². The summed E-state index contributed by atoms with van der Waals surface area (Å²) in [4.78, 5) is 4.76. The second kappa shape index (κ2) is 24.4. The Kier molecular flexibility index (Phi) is 14.2. The fourth-order valence-corrected chi connectivity index (χ4v) is 15.3. The van der Waals surface area contributed by atoms with Crippen molar-refractivity contribution in [2.24, 2.45) is 0 Å². The predicted molar refractivity (Wildman–Crippen MR) is 421 cm³/mol. The first-order valence-corrected chi connectivity index (χ1v) is 34.2. The molecule has 0 spiro atoms. The second-order valence-electron chi connectivity index (χ2n) is 25.8. The van der Waals surface area contributed by atoms with Crippen LogP contribution < -0.4 is 9.80 Å². The molecule has 0 aliphatic rings. The summed E-state index contributed by atoms with van der Waals surface area (Å²) in [6.45, 7) is 0. The second-order valence-corrected chi connectivity index (χ2v) is 25.8. The van der Waals surface area contributed by atoms with Crippen LogP contribution in [0.15, 0.2) is 385 Å². The summed E-state index contributed by atoms with van der Waals surface area (Å²) in [5, 5.41) is 11.6. The van der Waals surface area contributed by atoms with Crippen molar-refractivity contribution in [1.82, 2.24) is 0 Å². The lowest BCUT2D eigenvalue weighted by Crippen LogP contribution is -2.12. The summed E-state index contributed by atoms with van der Waals surface area (Å²) in [5.74, 6) is 0. The maximum atomic E-state index is 6.79. The largest absolute Gasteiger partial charge is 0.454 e. The zero-order valence-electron chi connectivity index (χ0n) is 54.5. The molecule has 0 atom stereocenters. The number of benzene rings is 17. The first-order valence-electron chi connectivity index (χ1n) is 34.2. The summed E-state index contributed by atoms with van der Waals surface area (Å²) >= 11 is 0. The van der Waals surface area contributed by atoms with Gasteiger partial charge in [-0.25, -0.2) is 0 Å². The van der Waals surface area contributed by atoms with Crippen LogP contribution in [0.1, 0.15) is 0 Å². The fraction of sp³-hybridized carbons (Fsp3) is 0. The molecule has 0 amide bonds. The average Bonchev–Trinajstić information content (AvgIpc) is 1.67. The molecule has 0 unspecified atom stereocenters. The lowest BCUT2D eigenvalue weighted by Gasteiger charge is -2.29. The lowest BCUT2D eigenvalue weighted by molar-refractivity contribution is 0.669. The number of hydrogen-bond donors (Lipinski definition) is 0. The van der Waals surface area contributed by atoms with Gasteiger partial charge >= 0.3 is 0 Å². The monoisotopic (exact) mass is 1270 g/mol. The fourth-order valence-electron chi connectivity index (χ4n) is 15.3. The molecule has 0 aliphatic heterocycles. The minimum atomic E-state index is 0.842. The molecule has 0 radical (unpaired) electrons. The molecular weight excluding hydrogens is 1210 g/mol. The van der Waals surface area contributed by atoms with Gasteiger partial charge in [-0.15, -0.1) is 0 Å². The number of para-hydroxylation sites is 6. The third-order valence-electron chi connectivity index (χ3n) is 20.1. The van der Waals surface area contributed by atoms with Crippen molar-refractivity contribution in [3.63, 3.8) is 0 Å². The van der Waals surface area contributed by atoms with Gasteiger partial charge in [-0.3, -0.25) is 0 Å². The van der Waals surface area contributed by atoms with Crippen LogP contribution in [0.4, 0.5) is 34.1 Å². The first-order chi connectivity index (χ1) is 49.6. The van der Waals surface area contributed by atoms with Gasteiger partial charge < -0.3 is 18.6 Å². The Balaban J connectivity index is 0.622. The highest BCUT2D eigenvalue weighted by atomic mass is 16.3. The molecule has 17 aromatic carbocycles. The van der Waals surface area contributed by atoms with Crippen molar-refractivity contribution in [2.75, 3.05) is 9.80 Å². The topological polar surface area (TPSA) is 32.8 Å². The maximum absolute atomic E-state index is 6.79.